The van der Waals surface area contributed by atoms with Gasteiger partial charge in [0.2, 0.25) is 11.9 Å². The summed E-state index contributed by atoms with van der Waals surface area (Å²) >= 11 is 0. The summed E-state index contributed by atoms with van der Waals surface area (Å²) in [6.07, 6.45) is 2.09. The molecule has 1 aromatic carbocycles. The van der Waals surface area contributed by atoms with Gasteiger partial charge in [0.05, 0.1) is 38.3 Å². The third-order valence-electron chi connectivity index (χ3n) is 5.54. The molecule has 2 amide bonds. The van der Waals surface area contributed by atoms with E-state index in [4.69, 9.17) is 15.0 Å². The summed E-state index contributed by atoms with van der Waals surface area (Å²) in [5.74, 6) is -0.563. The maximum Gasteiger partial charge on any atom is 0.488 e. The van der Waals surface area contributed by atoms with E-state index in [2.05, 4.69) is 35.9 Å². The van der Waals surface area contributed by atoms with Crippen LogP contribution in [0.2, 0.25) is 0 Å². The van der Waals surface area contributed by atoms with Crippen LogP contribution in [0.15, 0.2) is 35.3 Å². The SMILES string of the molecule is Nc1nc2ncc(CNc3ccc(C(=O)NCCCC(=O)NC4(CO)CO[B]OC4)cc3)nc2c(=O)[nH]1. The van der Waals surface area contributed by atoms with Gasteiger partial charge in [-0.1, -0.05) is 0 Å². The predicted octanol–water partition coefficient (Wildman–Crippen LogP) is -1.15. The van der Waals surface area contributed by atoms with Crippen molar-refractivity contribution >= 4 is 42.3 Å². The molecule has 1 radical (unpaired) electrons. The van der Waals surface area contributed by atoms with Crippen molar-refractivity contribution in [2.24, 2.45) is 0 Å². The Bertz CT molecular complexity index is 1310. The van der Waals surface area contributed by atoms with Crippen molar-refractivity contribution in [2.45, 2.75) is 24.9 Å². The van der Waals surface area contributed by atoms with Gasteiger partial charge in [0.1, 0.15) is 5.54 Å². The van der Waals surface area contributed by atoms with Gasteiger partial charge in [0.25, 0.3) is 11.5 Å². The molecule has 1 aliphatic rings. The summed E-state index contributed by atoms with van der Waals surface area (Å²) in [5.41, 5.74) is 6.08. The number of nitrogens with zero attached hydrogens (tertiary/aromatic N) is 3. The summed E-state index contributed by atoms with van der Waals surface area (Å²) < 4.78 is 10.1. The standard InChI is InChI=1S/C22H26BN8O6/c24-21-29-18-17(20(35)30-21)28-15(9-27-18)8-26-14-5-3-13(4-6-14)19(34)25-7-1-2-16(33)31-22(10-32)11-36-23-37-12-22/h3-6,9,26,32H,1-2,7-8,10-12H2,(H,25,34)(H,31,33)(H3,24,27,29,30,35). The largest absolute Gasteiger partial charge is 0.488 e. The lowest BCUT2D eigenvalue weighted by Gasteiger charge is -2.35. The van der Waals surface area contributed by atoms with Crippen molar-refractivity contribution in [1.29, 1.82) is 0 Å². The van der Waals surface area contributed by atoms with Crippen LogP contribution in [-0.2, 0) is 20.6 Å². The summed E-state index contributed by atoms with van der Waals surface area (Å²) in [6, 6.07) is 6.82. The highest BCUT2D eigenvalue weighted by Gasteiger charge is 2.35. The lowest BCUT2D eigenvalue weighted by atomic mass is 10.00. The molecular weight excluding hydrogens is 483 g/mol. The number of rotatable bonds is 10. The molecule has 37 heavy (non-hydrogen) atoms. The highest BCUT2D eigenvalue weighted by Crippen LogP contribution is 2.13. The molecular formula is C22H26BN8O6. The number of nitrogens with two attached hydrogens (primary N) is 1. The number of carbonyl (C=O) groups is 2. The molecule has 0 spiro atoms. The molecule has 1 saturated heterocycles. The number of amides is 2. The zero-order valence-electron chi connectivity index (χ0n) is 19.8. The summed E-state index contributed by atoms with van der Waals surface area (Å²) in [7, 11) is 1.18. The van der Waals surface area contributed by atoms with Crippen molar-refractivity contribution in [3.8, 4) is 0 Å². The van der Waals surface area contributed by atoms with Crippen LogP contribution in [-0.4, -0.2) is 76.4 Å². The van der Waals surface area contributed by atoms with Gasteiger partial charge in [-0.15, -0.1) is 0 Å². The van der Waals surface area contributed by atoms with Crippen LogP contribution in [0.25, 0.3) is 11.2 Å². The number of benzene rings is 1. The lowest BCUT2D eigenvalue weighted by Crippen LogP contribution is -2.60. The molecule has 1 fully saturated rings. The van der Waals surface area contributed by atoms with E-state index in [0.29, 0.717) is 30.8 Å². The van der Waals surface area contributed by atoms with E-state index in [9.17, 15) is 19.5 Å². The minimum absolute atomic E-state index is 0.0250. The van der Waals surface area contributed by atoms with Gasteiger partial charge in [0, 0.05) is 24.2 Å². The fourth-order valence-electron chi connectivity index (χ4n) is 3.58. The quantitative estimate of drug-likeness (QED) is 0.142. The second kappa shape index (κ2) is 11.8. The Morgan fingerprint density at radius 1 is 1.19 bits per heavy atom. The molecule has 0 saturated carbocycles. The van der Waals surface area contributed by atoms with Crippen LogP contribution in [0.5, 0.6) is 0 Å². The number of anilines is 2. The van der Waals surface area contributed by atoms with E-state index in [1.807, 2.05) is 0 Å². The van der Waals surface area contributed by atoms with Crippen LogP contribution in [0.4, 0.5) is 11.6 Å². The molecule has 1 aliphatic heterocycles. The first-order valence-corrected chi connectivity index (χ1v) is 11.5. The van der Waals surface area contributed by atoms with E-state index in [0.717, 1.165) is 5.69 Å². The second-order valence-electron chi connectivity index (χ2n) is 8.48. The maximum atomic E-state index is 12.4. The van der Waals surface area contributed by atoms with E-state index in [1.54, 1.807) is 24.3 Å². The van der Waals surface area contributed by atoms with E-state index in [1.165, 1.54) is 13.9 Å². The maximum absolute atomic E-state index is 12.4. The Balaban J connectivity index is 1.21. The number of fused-ring (bicyclic) bond motifs is 1. The van der Waals surface area contributed by atoms with Gasteiger partial charge in [-0.05, 0) is 30.7 Å². The van der Waals surface area contributed by atoms with E-state index >= 15 is 0 Å². The summed E-state index contributed by atoms with van der Waals surface area (Å²) in [6.45, 7) is 0.545. The van der Waals surface area contributed by atoms with Gasteiger partial charge < -0.3 is 36.1 Å². The molecule has 193 valence electrons. The molecule has 14 nitrogen and oxygen atoms in total. The number of aliphatic hydroxyl groups excluding tert-OH is 1. The molecule has 0 aliphatic carbocycles. The van der Waals surface area contributed by atoms with Crippen molar-refractivity contribution in [2.75, 3.05) is 37.4 Å². The molecule has 0 bridgehead atoms. The smallest absolute Gasteiger partial charge is 0.411 e. The van der Waals surface area contributed by atoms with Crippen molar-refractivity contribution in [3.05, 3.63) is 52.1 Å². The van der Waals surface area contributed by atoms with Crippen molar-refractivity contribution in [1.82, 2.24) is 30.6 Å². The Morgan fingerprint density at radius 3 is 2.68 bits per heavy atom. The number of H-pyrrole nitrogens is 1. The van der Waals surface area contributed by atoms with Crippen LogP contribution in [0.3, 0.4) is 0 Å². The summed E-state index contributed by atoms with van der Waals surface area (Å²) in [4.78, 5) is 51.3. The van der Waals surface area contributed by atoms with E-state index in [-0.39, 0.29) is 55.2 Å². The fourth-order valence-corrected chi connectivity index (χ4v) is 3.58. The van der Waals surface area contributed by atoms with Crippen LogP contribution < -0.4 is 27.2 Å². The minimum Gasteiger partial charge on any atom is -0.411 e. The van der Waals surface area contributed by atoms with Gasteiger partial charge in [-0.25, -0.2) is 9.97 Å². The molecule has 7 N–H and O–H groups in total. The number of hydrogen-bond donors (Lipinski definition) is 6. The van der Waals surface area contributed by atoms with E-state index < -0.39 is 11.1 Å². The number of aromatic nitrogens is 4. The number of aliphatic hydroxyl groups is 1. The zero-order valence-corrected chi connectivity index (χ0v) is 19.8. The van der Waals surface area contributed by atoms with Crippen LogP contribution >= 0.6 is 0 Å². The monoisotopic (exact) mass is 509 g/mol. The highest BCUT2D eigenvalue weighted by molar-refractivity contribution is 6.18. The topological polar surface area (TPSA) is 206 Å². The molecule has 3 aromatic rings. The molecule has 2 aromatic heterocycles. The summed E-state index contributed by atoms with van der Waals surface area (Å²) in [5, 5.41) is 18.2. The number of hydrogen-bond acceptors (Lipinski definition) is 11. The van der Waals surface area contributed by atoms with Crippen molar-refractivity contribution < 1.29 is 24.0 Å². The van der Waals surface area contributed by atoms with Crippen molar-refractivity contribution in [3.63, 3.8) is 0 Å². The third-order valence-corrected chi connectivity index (χ3v) is 5.54. The van der Waals surface area contributed by atoms with Gasteiger partial charge in [-0.3, -0.25) is 19.4 Å². The van der Waals surface area contributed by atoms with Gasteiger partial charge in [-0.2, -0.15) is 4.98 Å². The molecule has 0 atom stereocenters. The minimum atomic E-state index is -0.963. The number of nitrogen functional groups attached to an aromatic ring is 1. The average molecular weight is 509 g/mol. The third kappa shape index (κ3) is 6.78. The molecule has 0 unspecified atom stereocenters. The Kier molecular flexibility index (Phi) is 8.27. The lowest BCUT2D eigenvalue weighted by molar-refractivity contribution is -0.126. The van der Waals surface area contributed by atoms with Crippen LogP contribution in [0, 0.1) is 0 Å². The first kappa shape index (κ1) is 26.0. The number of carbonyl (C=O) groups excluding carboxylic acids is 2. The zero-order chi connectivity index (χ0) is 26.3. The molecule has 4 rings (SSSR count). The Labute approximate surface area is 211 Å². The Hall–Kier alpha value is -4.08. The first-order valence-electron chi connectivity index (χ1n) is 11.5. The second-order valence-corrected chi connectivity index (χ2v) is 8.48. The first-order chi connectivity index (χ1) is 17.9. The highest BCUT2D eigenvalue weighted by atomic mass is 16.6. The normalized spacial score (nSPS) is 14.5. The van der Waals surface area contributed by atoms with Crippen LogP contribution in [0.1, 0.15) is 28.9 Å². The average Bonchev–Trinajstić information content (AvgIpc) is 2.90. The molecule has 3 heterocycles. The fraction of sp³-hybridized carbons (Fsp3) is 0.364. The van der Waals surface area contributed by atoms with Gasteiger partial charge in [0.15, 0.2) is 11.2 Å². The number of nitrogens with one attached hydrogen (secondary N) is 4. The number of aromatic amines is 1. The predicted molar refractivity (Wildman–Crippen MR) is 133 cm³/mol. The Morgan fingerprint density at radius 2 is 1.95 bits per heavy atom. The van der Waals surface area contributed by atoms with Gasteiger partial charge >= 0.3 is 7.69 Å². The molecule has 15 heteroatoms.